The minimum Gasteiger partial charge on any atom is -0.327 e. The summed E-state index contributed by atoms with van der Waals surface area (Å²) in [5.41, 5.74) is 8.48. The molecule has 110 valence electrons. The number of aromatic nitrogens is 1. The van der Waals surface area contributed by atoms with E-state index in [2.05, 4.69) is 10.3 Å². The predicted molar refractivity (Wildman–Crippen MR) is 85.4 cm³/mol. The van der Waals surface area contributed by atoms with Crippen LogP contribution in [0, 0.1) is 12.8 Å². The van der Waals surface area contributed by atoms with Crippen LogP contribution in [-0.2, 0) is 4.79 Å². The third kappa shape index (κ3) is 2.61. The first-order valence-electron chi connectivity index (χ1n) is 7.18. The summed E-state index contributed by atoms with van der Waals surface area (Å²) in [4.78, 5) is 16.8. The number of nitrogens with two attached hydrogens (primary N) is 1. The molecule has 0 aliphatic heterocycles. The highest BCUT2D eigenvalue weighted by atomic mass is 35.5. The second-order valence-electron chi connectivity index (χ2n) is 5.64. The molecule has 5 heteroatoms. The lowest BCUT2D eigenvalue weighted by Crippen LogP contribution is -2.34. The average molecular weight is 304 g/mol. The molecule has 0 spiro atoms. The van der Waals surface area contributed by atoms with E-state index in [0.717, 1.165) is 35.7 Å². The molecule has 1 aliphatic rings. The van der Waals surface area contributed by atoms with Gasteiger partial charge in [-0.05, 0) is 43.5 Å². The molecule has 1 amide bonds. The molecule has 0 saturated heterocycles. The van der Waals surface area contributed by atoms with Crippen LogP contribution in [0.15, 0.2) is 24.4 Å². The number of rotatable bonds is 2. The van der Waals surface area contributed by atoms with Crippen molar-refractivity contribution >= 4 is 34.1 Å². The normalized spacial score (nSPS) is 21.7. The Morgan fingerprint density at radius 2 is 2.29 bits per heavy atom. The Morgan fingerprint density at radius 1 is 1.48 bits per heavy atom. The van der Waals surface area contributed by atoms with Crippen LogP contribution in [0.25, 0.3) is 10.9 Å². The molecule has 21 heavy (non-hydrogen) atoms. The van der Waals surface area contributed by atoms with Gasteiger partial charge in [-0.1, -0.05) is 18.0 Å². The highest BCUT2D eigenvalue weighted by Crippen LogP contribution is 2.34. The molecule has 0 bridgehead atoms. The molecule has 1 heterocycles. The third-order valence-electron chi connectivity index (χ3n) is 4.19. The molecule has 1 aromatic heterocycles. The van der Waals surface area contributed by atoms with Crippen molar-refractivity contribution < 1.29 is 4.79 Å². The zero-order valence-electron chi connectivity index (χ0n) is 11.9. The van der Waals surface area contributed by atoms with Gasteiger partial charge in [-0.3, -0.25) is 9.78 Å². The zero-order valence-corrected chi connectivity index (χ0v) is 12.7. The number of carbonyl (C=O) groups excluding carboxylic acids is 1. The van der Waals surface area contributed by atoms with Crippen molar-refractivity contribution in [3.05, 3.63) is 35.0 Å². The van der Waals surface area contributed by atoms with Gasteiger partial charge >= 0.3 is 0 Å². The van der Waals surface area contributed by atoms with E-state index in [4.69, 9.17) is 17.3 Å². The zero-order chi connectivity index (χ0) is 15.0. The maximum atomic E-state index is 12.4. The summed E-state index contributed by atoms with van der Waals surface area (Å²) in [6.07, 6.45) is 4.49. The number of carbonyl (C=O) groups is 1. The lowest BCUT2D eigenvalue weighted by Gasteiger charge is -2.17. The number of halogens is 1. The van der Waals surface area contributed by atoms with Gasteiger partial charge < -0.3 is 11.1 Å². The van der Waals surface area contributed by atoms with Crippen LogP contribution in [-0.4, -0.2) is 16.9 Å². The maximum absolute atomic E-state index is 12.4. The highest BCUT2D eigenvalue weighted by Gasteiger charge is 2.30. The number of anilines is 1. The van der Waals surface area contributed by atoms with E-state index in [-0.39, 0.29) is 17.9 Å². The number of nitrogens with one attached hydrogen (secondary N) is 1. The van der Waals surface area contributed by atoms with E-state index < -0.39 is 0 Å². The molecule has 1 aliphatic carbocycles. The van der Waals surface area contributed by atoms with E-state index >= 15 is 0 Å². The van der Waals surface area contributed by atoms with Crippen LogP contribution in [0.1, 0.15) is 24.8 Å². The molecule has 3 rings (SSSR count). The van der Waals surface area contributed by atoms with Crippen LogP contribution in [0.3, 0.4) is 0 Å². The number of amides is 1. The van der Waals surface area contributed by atoms with Crippen molar-refractivity contribution in [1.29, 1.82) is 0 Å². The van der Waals surface area contributed by atoms with E-state index in [9.17, 15) is 4.79 Å². The summed E-state index contributed by atoms with van der Waals surface area (Å²) >= 11 is 6.32. The Bertz CT molecular complexity index is 701. The molecular formula is C16H18ClN3O. The second-order valence-corrected chi connectivity index (χ2v) is 6.05. The Balaban J connectivity index is 1.99. The molecule has 2 unspecified atom stereocenters. The van der Waals surface area contributed by atoms with E-state index in [1.54, 1.807) is 6.20 Å². The molecule has 1 saturated carbocycles. The number of benzene rings is 1. The maximum Gasteiger partial charge on any atom is 0.229 e. The first-order valence-corrected chi connectivity index (χ1v) is 7.56. The van der Waals surface area contributed by atoms with Gasteiger partial charge in [-0.25, -0.2) is 0 Å². The van der Waals surface area contributed by atoms with Crippen LogP contribution >= 0.6 is 11.6 Å². The Morgan fingerprint density at radius 3 is 3.00 bits per heavy atom. The van der Waals surface area contributed by atoms with E-state index in [0.29, 0.717) is 10.7 Å². The Kier molecular flexibility index (Phi) is 3.83. The molecule has 2 atom stereocenters. The highest BCUT2D eigenvalue weighted by molar-refractivity contribution is 6.35. The van der Waals surface area contributed by atoms with E-state index in [1.165, 1.54) is 0 Å². The standard InChI is InChI=1S/C16H18ClN3O/c1-9-8-12(17)15(11-5-3-7-19-14(9)11)20-16(21)10-4-2-6-13(10)18/h3,5,7-8,10,13H,2,4,6,18H2,1H3,(H,20,21). The van der Waals surface area contributed by atoms with Gasteiger partial charge in [-0.2, -0.15) is 0 Å². The van der Waals surface area contributed by atoms with E-state index in [1.807, 2.05) is 25.1 Å². The Labute approximate surface area is 128 Å². The smallest absolute Gasteiger partial charge is 0.229 e. The number of hydrogen-bond acceptors (Lipinski definition) is 3. The average Bonchev–Trinajstić information content (AvgIpc) is 2.89. The summed E-state index contributed by atoms with van der Waals surface area (Å²) in [5, 5.41) is 4.36. The molecule has 1 fully saturated rings. The van der Waals surface area contributed by atoms with Gasteiger partial charge in [0.15, 0.2) is 0 Å². The minimum absolute atomic E-state index is 0.0455. The van der Waals surface area contributed by atoms with Crippen molar-refractivity contribution in [2.75, 3.05) is 5.32 Å². The van der Waals surface area contributed by atoms with Crippen molar-refractivity contribution in [3.8, 4) is 0 Å². The lowest BCUT2D eigenvalue weighted by atomic mass is 10.0. The lowest BCUT2D eigenvalue weighted by molar-refractivity contribution is -0.120. The number of nitrogens with zero attached hydrogens (tertiary/aromatic N) is 1. The summed E-state index contributed by atoms with van der Waals surface area (Å²) in [5.74, 6) is -0.176. The predicted octanol–water partition coefficient (Wildman–Crippen LogP) is 3.26. The van der Waals surface area contributed by atoms with Crippen LogP contribution in [0.2, 0.25) is 5.02 Å². The summed E-state index contributed by atoms with van der Waals surface area (Å²) < 4.78 is 0. The first-order chi connectivity index (χ1) is 10.1. The molecule has 2 aromatic rings. The quantitative estimate of drug-likeness (QED) is 0.894. The number of pyridine rings is 1. The van der Waals surface area contributed by atoms with Gasteiger partial charge in [0, 0.05) is 17.6 Å². The SMILES string of the molecule is Cc1cc(Cl)c(NC(=O)C2CCCC2N)c2cccnc12. The topological polar surface area (TPSA) is 68.0 Å². The second kappa shape index (κ2) is 5.62. The fourth-order valence-electron chi connectivity index (χ4n) is 3.04. The first kappa shape index (κ1) is 14.3. The molecule has 4 nitrogen and oxygen atoms in total. The molecule has 0 radical (unpaired) electrons. The fraction of sp³-hybridized carbons (Fsp3) is 0.375. The molecular weight excluding hydrogens is 286 g/mol. The number of hydrogen-bond donors (Lipinski definition) is 2. The third-order valence-corrected chi connectivity index (χ3v) is 4.49. The van der Waals surface area contributed by atoms with Gasteiger partial charge in [-0.15, -0.1) is 0 Å². The largest absolute Gasteiger partial charge is 0.327 e. The van der Waals surface area contributed by atoms with Crippen LogP contribution < -0.4 is 11.1 Å². The fourth-order valence-corrected chi connectivity index (χ4v) is 3.35. The molecule has 3 N–H and O–H groups in total. The van der Waals surface area contributed by atoms with Crippen LogP contribution in [0.4, 0.5) is 5.69 Å². The van der Waals surface area contributed by atoms with Crippen LogP contribution in [0.5, 0.6) is 0 Å². The van der Waals surface area contributed by atoms with Crippen molar-refractivity contribution in [3.63, 3.8) is 0 Å². The van der Waals surface area contributed by atoms with Gasteiger partial charge in [0.2, 0.25) is 5.91 Å². The number of fused-ring (bicyclic) bond motifs is 1. The monoisotopic (exact) mass is 303 g/mol. The molecule has 1 aromatic carbocycles. The number of aryl methyl sites for hydroxylation is 1. The van der Waals surface area contributed by atoms with Gasteiger partial charge in [0.25, 0.3) is 0 Å². The minimum atomic E-state index is -0.130. The van der Waals surface area contributed by atoms with Crippen molar-refractivity contribution in [1.82, 2.24) is 4.98 Å². The van der Waals surface area contributed by atoms with Gasteiger partial charge in [0.1, 0.15) is 0 Å². The summed E-state index contributed by atoms with van der Waals surface area (Å²) in [7, 11) is 0. The van der Waals surface area contributed by atoms with Crippen molar-refractivity contribution in [2.24, 2.45) is 11.7 Å². The summed E-state index contributed by atoms with van der Waals surface area (Å²) in [6.45, 7) is 1.96. The summed E-state index contributed by atoms with van der Waals surface area (Å²) in [6, 6.07) is 5.54. The Hall–Kier alpha value is -1.65. The van der Waals surface area contributed by atoms with Gasteiger partial charge in [0.05, 0.1) is 22.1 Å². The van der Waals surface area contributed by atoms with Crippen molar-refractivity contribution in [2.45, 2.75) is 32.2 Å².